The second kappa shape index (κ2) is 14.1. The van der Waals surface area contributed by atoms with Gasteiger partial charge >= 0.3 is 12.1 Å². The van der Waals surface area contributed by atoms with Crippen LogP contribution in [0.1, 0.15) is 19.3 Å². The molecule has 1 amide bonds. The van der Waals surface area contributed by atoms with E-state index < -0.39 is 18.1 Å². The highest BCUT2D eigenvalue weighted by Gasteiger charge is 2.18. The van der Waals surface area contributed by atoms with Crippen LogP contribution in [0, 0.1) is 11.5 Å². The summed E-state index contributed by atoms with van der Waals surface area (Å²) in [4.78, 5) is 36.5. The second-order valence-corrected chi connectivity index (χ2v) is 4.15. The number of carbonyl (C=O) groups is 2. The summed E-state index contributed by atoms with van der Waals surface area (Å²) in [6.07, 6.45) is 4.97. The van der Waals surface area contributed by atoms with Gasteiger partial charge in [0, 0.05) is 0 Å². The Morgan fingerprint density at radius 3 is 2.74 bits per heavy atom. The van der Waals surface area contributed by atoms with Gasteiger partial charge in [-0.1, -0.05) is 12.7 Å². The number of amides is 1. The van der Waals surface area contributed by atoms with Crippen molar-refractivity contribution in [1.82, 2.24) is 5.32 Å². The lowest BCUT2D eigenvalue weighted by Crippen LogP contribution is -2.30. The van der Waals surface area contributed by atoms with E-state index in [1.54, 1.807) is 0 Å². The molecule has 0 radical (unpaired) electrons. The van der Waals surface area contributed by atoms with Crippen molar-refractivity contribution in [2.24, 2.45) is 4.99 Å². The number of hydrogen-bond acceptors (Lipinski definition) is 8. The molecule has 0 saturated heterocycles. The van der Waals surface area contributed by atoms with Gasteiger partial charge in [0.25, 0.3) is 6.26 Å². The minimum Gasteiger partial charge on any atom is -0.462 e. The number of unbranched alkanes of at least 4 members (excludes halogenated alkanes) is 1. The second-order valence-electron chi connectivity index (χ2n) is 4.15. The number of isocyanates is 1. The fourth-order valence-corrected chi connectivity index (χ4v) is 1.44. The number of nitriles is 1. The van der Waals surface area contributed by atoms with Crippen molar-refractivity contribution >= 4 is 18.1 Å². The highest BCUT2D eigenvalue weighted by molar-refractivity contribution is 5.76. The lowest BCUT2D eigenvalue weighted by atomic mass is 10.1. The van der Waals surface area contributed by atoms with E-state index in [-0.39, 0.29) is 32.8 Å². The van der Waals surface area contributed by atoms with Crippen molar-refractivity contribution in [2.45, 2.75) is 25.3 Å². The van der Waals surface area contributed by atoms with E-state index in [4.69, 9.17) is 10.00 Å². The number of nitrogens with zero attached hydrogens (tertiary/aromatic N) is 2. The van der Waals surface area contributed by atoms with Crippen LogP contribution in [0.4, 0.5) is 4.79 Å². The van der Waals surface area contributed by atoms with Gasteiger partial charge in [0.1, 0.15) is 19.8 Å². The van der Waals surface area contributed by atoms with Crippen molar-refractivity contribution in [1.29, 1.82) is 5.26 Å². The van der Waals surface area contributed by atoms with E-state index in [1.165, 1.54) is 18.4 Å². The van der Waals surface area contributed by atoms with Crippen LogP contribution < -0.4 is 5.32 Å². The average molecular weight is 325 g/mol. The molecular formula is C14H19N3O6. The summed E-state index contributed by atoms with van der Waals surface area (Å²) in [5, 5.41) is 10.6. The molecule has 0 aromatic rings. The summed E-state index contributed by atoms with van der Waals surface area (Å²) < 4.78 is 14.0. The lowest BCUT2D eigenvalue weighted by molar-refractivity contribution is -0.145. The predicted molar refractivity (Wildman–Crippen MR) is 77.8 cm³/mol. The number of esters is 1. The SMILES string of the molecule is C=CCOC(=O)NCCOC(=O)C(CCCCOC#N)N=C=O. The molecule has 126 valence electrons. The Morgan fingerprint density at radius 2 is 2.09 bits per heavy atom. The first-order valence-corrected chi connectivity index (χ1v) is 6.91. The number of nitrogens with one attached hydrogen (secondary N) is 1. The zero-order chi connectivity index (χ0) is 17.3. The molecule has 0 aromatic carbocycles. The number of aliphatic imine (C=N–C) groups is 1. The van der Waals surface area contributed by atoms with Gasteiger partial charge in [0.15, 0.2) is 6.04 Å². The maximum absolute atomic E-state index is 11.7. The molecule has 9 nitrogen and oxygen atoms in total. The highest BCUT2D eigenvalue weighted by Crippen LogP contribution is 2.06. The molecule has 0 fully saturated rings. The maximum Gasteiger partial charge on any atom is 0.407 e. The summed E-state index contributed by atoms with van der Waals surface area (Å²) in [7, 11) is 0. The number of hydrogen-bond donors (Lipinski definition) is 1. The monoisotopic (exact) mass is 325 g/mol. The third-order valence-corrected chi connectivity index (χ3v) is 2.47. The van der Waals surface area contributed by atoms with Crippen LogP contribution in [-0.2, 0) is 23.8 Å². The van der Waals surface area contributed by atoms with E-state index in [9.17, 15) is 14.4 Å². The minimum atomic E-state index is -0.956. The zero-order valence-corrected chi connectivity index (χ0v) is 12.7. The van der Waals surface area contributed by atoms with Crippen LogP contribution in [-0.4, -0.2) is 50.5 Å². The van der Waals surface area contributed by atoms with Gasteiger partial charge in [0.2, 0.25) is 6.08 Å². The standard InChI is InChI=1S/C14H19N3O6/c1-2-7-23-14(20)16-6-9-22-13(19)12(17-11-18)5-3-4-8-21-10-15/h2,12H,1,3-9H2,(H,16,20). The molecular weight excluding hydrogens is 306 g/mol. The van der Waals surface area contributed by atoms with E-state index in [1.807, 2.05) is 0 Å². The molecule has 1 unspecified atom stereocenters. The fraction of sp³-hybridized carbons (Fsp3) is 0.571. The first-order valence-electron chi connectivity index (χ1n) is 6.91. The molecule has 0 spiro atoms. The highest BCUT2D eigenvalue weighted by atomic mass is 16.6. The van der Waals surface area contributed by atoms with E-state index in [0.717, 1.165) is 0 Å². The molecule has 0 bridgehead atoms. The Morgan fingerprint density at radius 1 is 1.30 bits per heavy atom. The molecule has 0 saturated carbocycles. The van der Waals surface area contributed by atoms with E-state index >= 15 is 0 Å². The lowest BCUT2D eigenvalue weighted by Gasteiger charge is -2.11. The van der Waals surface area contributed by atoms with Crippen molar-refractivity contribution < 1.29 is 28.6 Å². The van der Waals surface area contributed by atoms with Gasteiger partial charge in [-0.3, -0.25) is 0 Å². The van der Waals surface area contributed by atoms with Gasteiger partial charge in [-0.25, -0.2) is 14.4 Å². The Labute approximate surface area is 133 Å². The number of rotatable bonds is 12. The molecule has 23 heavy (non-hydrogen) atoms. The Bertz CT molecular complexity index is 468. The van der Waals surface area contributed by atoms with Gasteiger partial charge in [-0.15, -0.1) is 0 Å². The minimum absolute atomic E-state index is 0.0647. The Kier molecular flexibility index (Phi) is 12.4. The van der Waals surface area contributed by atoms with Gasteiger partial charge in [-0.05, 0) is 19.3 Å². The van der Waals surface area contributed by atoms with Crippen LogP contribution in [0.2, 0.25) is 0 Å². The first kappa shape index (κ1) is 20.1. The van der Waals surface area contributed by atoms with Crippen molar-refractivity contribution in [3.05, 3.63) is 12.7 Å². The Balaban J connectivity index is 3.97. The van der Waals surface area contributed by atoms with Crippen LogP contribution >= 0.6 is 0 Å². The third-order valence-electron chi connectivity index (χ3n) is 2.47. The zero-order valence-electron chi connectivity index (χ0n) is 12.7. The molecule has 0 aromatic heterocycles. The van der Waals surface area contributed by atoms with Gasteiger partial charge < -0.3 is 19.5 Å². The smallest absolute Gasteiger partial charge is 0.407 e. The molecule has 1 atom stereocenters. The van der Waals surface area contributed by atoms with Gasteiger partial charge in [-0.2, -0.15) is 10.3 Å². The molecule has 1 N–H and O–H groups in total. The maximum atomic E-state index is 11.7. The van der Waals surface area contributed by atoms with Crippen LogP contribution in [0.15, 0.2) is 17.6 Å². The molecule has 0 aliphatic heterocycles. The van der Waals surface area contributed by atoms with Crippen LogP contribution in [0.3, 0.4) is 0 Å². The first-order chi connectivity index (χ1) is 11.2. The summed E-state index contributed by atoms with van der Waals surface area (Å²) in [6, 6.07) is -0.956. The molecule has 0 aliphatic carbocycles. The van der Waals surface area contributed by atoms with Crippen LogP contribution in [0.5, 0.6) is 0 Å². The number of ether oxygens (including phenoxy) is 3. The van der Waals surface area contributed by atoms with E-state index in [0.29, 0.717) is 12.8 Å². The number of carbonyl (C=O) groups excluding carboxylic acids is 3. The Hall–Kier alpha value is -2.85. The fourth-order valence-electron chi connectivity index (χ4n) is 1.44. The summed E-state index contributed by atoms with van der Waals surface area (Å²) in [5.41, 5.74) is 0. The molecule has 0 rings (SSSR count). The topological polar surface area (TPSA) is 127 Å². The summed E-state index contributed by atoms with van der Waals surface area (Å²) in [5.74, 6) is -0.684. The summed E-state index contributed by atoms with van der Waals surface area (Å²) >= 11 is 0. The van der Waals surface area contributed by atoms with Crippen LogP contribution in [0.25, 0.3) is 0 Å². The van der Waals surface area contributed by atoms with Crippen molar-refractivity contribution in [3.8, 4) is 6.26 Å². The molecule has 0 aliphatic rings. The molecule has 0 heterocycles. The third kappa shape index (κ3) is 11.5. The van der Waals surface area contributed by atoms with Gasteiger partial charge in [0.05, 0.1) is 6.54 Å². The average Bonchev–Trinajstić information content (AvgIpc) is 2.55. The van der Waals surface area contributed by atoms with Crippen molar-refractivity contribution in [3.63, 3.8) is 0 Å². The summed E-state index contributed by atoms with van der Waals surface area (Å²) in [6.45, 7) is 3.69. The quantitative estimate of drug-likeness (QED) is 0.140. The normalized spacial score (nSPS) is 10.4. The number of alkyl carbamates (subject to hydrolysis) is 1. The molecule has 9 heteroatoms. The van der Waals surface area contributed by atoms with E-state index in [2.05, 4.69) is 26.4 Å². The van der Waals surface area contributed by atoms with Crippen molar-refractivity contribution in [2.75, 3.05) is 26.4 Å². The predicted octanol–water partition coefficient (Wildman–Crippen LogP) is 0.814. The largest absolute Gasteiger partial charge is 0.462 e.